The SMILES string of the molecule is COC(=O)CC(NC(=O)c1cccc(OCc2cccnc2)c1)c1ccc(Br)cc1. The minimum Gasteiger partial charge on any atom is -0.489 e. The van der Waals surface area contributed by atoms with E-state index in [1.807, 2.05) is 36.4 Å². The van der Waals surface area contributed by atoms with Crippen molar-refractivity contribution in [3.63, 3.8) is 0 Å². The van der Waals surface area contributed by atoms with Crippen LogP contribution in [-0.2, 0) is 16.1 Å². The highest BCUT2D eigenvalue weighted by Gasteiger charge is 2.20. The van der Waals surface area contributed by atoms with E-state index in [1.54, 1.807) is 36.7 Å². The minimum absolute atomic E-state index is 0.0288. The Balaban J connectivity index is 1.71. The zero-order valence-corrected chi connectivity index (χ0v) is 18.0. The van der Waals surface area contributed by atoms with Gasteiger partial charge in [0.05, 0.1) is 19.6 Å². The van der Waals surface area contributed by atoms with Crippen molar-refractivity contribution < 1.29 is 19.1 Å². The Labute approximate surface area is 183 Å². The lowest BCUT2D eigenvalue weighted by atomic mass is 10.0. The van der Waals surface area contributed by atoms with Gasteiger partial charge in [0.1, 0.15) is 12.4 Å². The Morgan fingerprint density at radius 3 is 2.60 bits per heavy atom. The standard InChI is InChI=1S/C23H21BrN2O4/c1-29-22(27)13-21(17-7-9-19(24)10-8-17)26-23(28)18-5-2-6-20(12-18)30-15-16-4-3-11-25-14-16/h2-12,14,21H,13,15H2,1H3,(H,26,28). The van der Waals surface area contributed by atoms with Gasteiger partial charge in [-0.15, -0.1) is 0 Å². The van der Waals surface area contributed by atoms with E-state index < -0.39 is 12.0 Å². The van der Waals surface area contributed by atoms with Gasteiger partial charge in [-0.05, 0) is 42.0 Å². The molecule has 7 heteroatoms. The molecule has 0 spiro atoms. The van der Waals surface area contributed by atoms with Gasteiger partial charge in [0.2, 0.25) is 0 Å². The number of nitrogens with one attached hydrogen (secondary N) is 1. The Morgan fingerprint density at radius 2 is 1.90 bits per heavy atom. The van der Waals surface area contributed by atoms with Crippen molar-refractivity contribution in [2.45, 2.75) is 19.1 Å². The summed E-state index contributed by atoms with van der Waals surface area (Å²) in [5.41, 5.74) is 2.17. The first-order chi connectivity index (χ1) is 14.5. The summed E-state index contributed by atoms with van der Waals surface area (Å²) in [4.78, 5) is 28.8. The first-order valence-corrected chi connectivity index (χ1v) is 10.1. The van der Waals surface area contributed by atoms with Crippen LogP contribution in [-0.4, -0.2) is 24.0 Å². The predicted octanol–water partition coefficient (Wildman–Crippen LogP) is 4.46. The molecule has 0 saturated heterocycles. The number of amides is 1. The fourth-order valence-corrected chi connectivity index (χ4v) is 3.08. The molecule has 1 amide bonds. The van der Waals surface area contributed by atoms with Crippen molar-refractivity contribution >= 4 is 27.8 Å². The number of halogens is 1. The lowest BCUT2D eigenvalue weighted by Gasteiger charge is -2.19. The number of ether oxygens (including phenoxy) is 2. The van der Waals surface area contributed by atoms with Gasteiger partial charge in [0, 0.05) is 28.0 Å². The fraction of sp³-hybridized carbons (Fsp3) is 0.174. The van der Waals surface area contributed by atoms with Gasteiger partial charge in [-0.3, -0.25) is 14.6 Å². The maximum absolute atomic E-state index is 12.9. The van der Waals surface area contributed by atoms with Crippen LogP contribution in [0.2, 0.25) is 0 Å². The summed E-state index contributed by atoms with van der Waals surface area (Å²) in [6.07, 6.45) is 3.46. The van der Waals surface area contributed by atoms with E-state index in [0.29, 0.717) is 17.9 Å². The van der Waals surface area contributed by atoms with Crippen LogP contribution in [0.4, 0.5) is 0 Å². The van der Waals surface area contributed by atoms with Crippen LogP contribution in [0, 0.1) is 0 Å². The molecule has 0 bridgehead atoms. The largest absolute Gasteiger partial charge is 0.489 e. The van der Waals surface area contributed by atoms with Gasteiger partial charge in [0.15, 0.2) is 0 Å². The molecule has 6 nitrogen and oxygen atoms in total. The van der Waals surface area contributed by atoms with E-state index in [4.69, 9.17) is 9.47 Å². The van der Waals surface area contributed by atoms with E-state index in [1.165, 1.54) is 7.11 Å². The van der Waals surface area contributed by atoms with Crippen LogP contribution >= 0.6 is 15.9 Å². The number of nitrogens with zero attached hydrogens (tertiary/aromatic N) is 1. The molecule has 154 valence electrons. The molecule has 0 radical (unpaired) electrons. The first-order valence-electron chi connectivity index (χ1n) is 9.30. The molecule has 1 heterocycles. The van der Waals surface area contributed by atoms with Crippen molar-refractivity contribution in [1.29, 1.82) is 0 Å². The number of hydrogen-bond acceptors (Lipinski definition) is 5. The normalized spacial score (nSPS) is 11.4. The highest BCUT2D eigenvalue weighted by molar-refractivity contribution is 9.10. The van der Waals surface area contributed by atoms with Crippen LogP contribution in [0.5, 0.6) is 5.75 Å². The molecule has 1 atom stereocenters. The van der Waals surface area contributed by atoms with Crippen molar-refractivity contribution in [3.05, 3.63) is 94.2 Å². The summed E-state index contributed by atoms with van der Waals surface area (Å²) in [7, 11) is 1.33. The van der Waals surface area contributed by atoms with Crippen molar-refractivity contribution in [3.8, 4) is 5.75 Å². The van der Waals surface area contributed by atoms with Crippen LogP contribution in [0.1, 0.15) is 33.9 Å². The molecule has 0 aliphatic heterocycles. The van der Waals surface area contributed by atoms with Crippen LogP contribution in [0.3, 0.4) is 0 Å². The van der Waals surface area contributed by atoms with Crippen molar-refractivity contribution in [2.75, 3.05) is 7.11 Å². The van der Waals surface area contributed by atoms with E-state index >= 15 is 0 Å². The monoisotopic (exact) mass is 468 g/mol. The number of carbonyl (C=O) groups is 2. The van der Waals surface area contributed by atoms with Gasteiger partial charge in [0.25, 0.3) is 5.91 Å². The Bertz CT molecular complexity index is 994. The number of benzene rings is 2. The summed E-state index contributed by atoms with van der Waals surface area (Å²) in [6.45, 7) is 0.350. The lowest BCUT2D eigenvalue weighted by Crippen LogP contribution is -2.30. The maximum atomic E-state index is 12.9. The summed E-state index contributed by atoms with van der Waals surface area (Å²) in [6, 6.07) is 17.6. The van der Waals surface area contributed by atoms with Crippen LogP contribution in [0.25, 0.3) is 0 Å². The molecular weight excluding hydrogens is 448 g/mol. The van der Waals surface area contributed by atoms with Crippen LogP contribution < -0.4 is 10.1 Å². The summed E-state index contributed by atoms with van der Waals surface area (Å²) in [5.74, 6) is -0.143. The molecule has 1 unspecified atom stereocenters. The Morgan fingerprint density at radius 1 is 1.10 bits per heavy atom. The highest BCUT2D eigenvalue weighted by atomic mass is 79.9. The molecule has 3 aromatic rings. The number of methoxy groups -OCH3 is 1. The Kier molecular flexibility index (Phi) is 7.57. The Hall–Kier alpha value is -3.19. The van der Waals surface area contributed by atoms with Crippen LogP contribution in [0.15, 0.2) is 77.5 Å². The molecule has 2 aromatic carbocycles. The van der Waals surface area contributed by atoms with Crippen molar-refractivity contribution in [1.82, 2.24) is 10.3 Å². The topological polar surface area (TPSA) is 77.5 Å². The highest BCUT2D eigenvalue weighted by Crippen LogP contribution is 2.22. The zero-order valence-electron chi connectivity index (χ0n) is 16.4. The maximum Gasteiger partial charge on any atom is 0.307 e. The van der Waals surface area contributed by atoms with Gasteiger partial charge in [-0.25, -0.2) is 0 Å². The molecule has 1 N–H and O–H groups in total. The van der Waals surface area contributed by atoms with Gasteiger partial charge in [-0.2, -0.15) is 0 Å². The molecule has 0 aliphatic carbocycles. The van der Waals surface area contributed by atoms with Gasteiger partial charge >= 0.3 is 5.97 Å². The molecular formula is C23H21BrN2O4. The molecule has 0 fully saturated rings. The smallest absolute Gasteiger partial charge is 0.307 e. The lowest BCUT2D eigenvalue weighted by molar-refractivity contribution is -0.141. The van der Waals surface area contributed by atoms with Gasteiger partial charge in [-0.1, -0.05) is 40.2 Å². The molecule has 30 heavy (non-hydrogen) atoms. The second kappa shape index (κ2) is 10.5. The summed E-state index contributed by atoms with van der Waals surface area (Å²) in [5, 5.41) is 2.91. The predicted molar refractivity (Wildman–Crippen MR) is 116 cm³/mol. The third-order valence-corrected chi connectivity index (χ3v) is 4.93. The van der Waals surface area contributed by atoms with E-state index in [2.05, 4.69) is 26.2 Å². The summed E-state index contributed by atoms with van der Waals surface area (Å²) < 4.78 is 11.5. The van der Waals surface area contributed by atoms with Crippen molar-refractivity contribution in [2.24, 2.45) is 0 Å². The average molecular weight is 469 g/mol. The van der Waals surface area contributed by atoms with E-state index in [-0.39, 0.29) is 12.3 Å². The third-order valence-electron chi connectivity index (χ3n) is 4.40. The molecule has 1 aromatic heterocycles. The number of aromatic nitrogens is 1. The summed E-state index contributed by atoms with van der Waals surface area (Å²) >= 11 is 3.39. The minimum atomic E-state index is -0.516. The number of rotatable bonds is 8. The van der Waals surface area contributed by atoms with E-state index in [0.717, 1.165) is 15.6 Å². The zero-order chi connectivity index (χ0) is 21.3. The number of esters is 1. The second-order valence-corrected chi connectivity index (χ2v) is 7.45. The molecule has 0 aliphatic rings. The number of carbonyl (C=O) groups excluding carboxylic acids is 2. The first kappa shape index (κ1) is 21.5. The fourth-order valence-electron chi connectivity index (χ4n) is 2.82. The quantitative estimate of drug-likeness (QED) is 0.493. The van der Waals surface area contributed by atoms with Gasteiger partial charge < -0.3 is 14.8 Å². The second-order valence-electron chi connectivity index (χ2n) is 6.54. The number of pyridine rings is 1. The molecule has 0 saturated carbocycles. The third kappa shape index (κ3) is 6.15. The van der Waals surface area contributed by atoms with E-state index in [9.17, 15) is 9.59 Å². The number of hydrogen-bond donors (Lipinski definition) is 1. The molecule has 3 rings (SSSR count). The average Bonchev–Trinajstić information content (AvgIpc) is 2.78.